The van der Waals surface area contributed by atoms with E-state index in [1.807, 2.05) is 0 Å². The van der Waals surface area contributed by atoms with E-state index in [1.54, 1.807) is 0 Å². The monoisotopic (exact) mass is 396 g/mol. The Balaban J connectivity index is 2.21. The van der Waals surface area contributed by atoms with Gasteiger partial charge in [-0.15, -0.1) is 10.2 Å². The first kappa shape index (κ1) is 16.7. The van der Waals surface area contributed by atoms with Crippen molar-refractivity contribution in [1.82, 2.24) is 15.0 Å². The van der Waals surface area contributed by atoms with E-state index < -0.39 is 31.4 Å². The molecule has 1 aromatic carbocycles. The van der Waals surface area contributed by atoms with Crippen LogP contribution in [0.15, 0.2) is 22.8 Å². The fraction of sp³-hybridized carbons (Fsp3) is 0.100. The van der Waals surface area contributed by atoms with Gasteiger partial charge in [0, 0.05) is 6.07 Å². The van der Waals surface area contributed by atoms with Gasteiger partial charge < -0.3 is 15.1 Å². The first-order valence-electron chi connectivity index (χ1n) is 5.57. The third kappa shape index (κ3) is 4.17. The third-order valence-corrected chi connectivity index (χ3v) is 3.47. The summed E-state index contributed by atoms with van der Waals surface area (Å²) in [7, 11) is -4.42. The van der Waals surface area contributed by atoms with Crippen molar-refractivity contribution < 1.29 is 27.9 Å². The number of nitrogens with zero attached hydrogens (tertiary/aromatic N) is 3. The Hall–Kier alpha value is -1.68. The average Bonchev–Trinajstić information content (AvgIpc) is 2.71. The van der Waals surface area contributed by atoms with Crippen molar-refractivity contribution >= 4 is 35.1 Å². The molecule has 118 valence electrons. The second-order valence-electron chi connectivity index (χ2n) is 4.10. The molecular weight excluding hydrogens is 389 g/mol. The van der Waals surface area contributed by atoms with E-state index in [0.717, 1.165) is 12.1 Å². The number of anilines is 1. The number of carbonyl (C=O) groups excluding carboxylic acids is 1. The number of carbonyl (C=O) groups is 1. The summed E-state index contributed by atoms with van der Waals surface area (Å²) in [6, 6.07) is 2.57. The lowest BCUT2D eigenvalue weighted by molar-refractivity contribution is 0.102. The predicted molar refractivity (Wildman–Crippen MR) is 74.1 cm³/mol. The van der Waals surface area contributed by atoms with Crippen molar-refractivity contribution in [2.45, 2.75) is 6.29 Å². The van der Waals surface area contributed by atoms with Crippen LogP contribution in [0.2, 0.25) is 0 Å². The zero-order chi connectivity index (χ0) is 16.5. The number of hydrogen-bond acceptors (Lipinski definition) is 4. The van der Waals surface area contributed by atoms with E-state index in [-0.39, 0.29) is 16.0 Å². The van der Waals surface area contributed by atoms with Gasteiger partial charge in [0.05, 0.1) is 5.69 Å². The highest BCUT2D eigenvalue weighted by molar-refractivity contribution is 9.10. The lowest BCUT2D eigenvalue weighted by Crippen LogP contribution is -2.15. The van der Waals surface area contributed by atoms with Gasteiger partial charge in [0.1, 0.15) is 11.6 Å². The molecule has 2 aromatic rings. The Labute approximate surface area is 130 Å². The number of hydrogen-bond donors (Lipinski definition) is 3. The zero-order valence-corrected chi connectivity index (χ0v) is 13.1. The standard InChI is InChI=1S/C10H8BrF2N4O4P/c11-9-8(15-17(16-9)4-22(19,20)21)10(18)14-7-2-1-5(12)3-6(7)13/h1-3H,4H2,(H,14,18)(H2,19,20,21). The molecule has 0 radical (unpaired) electrons. The number of rotatable bonds is 4. The summed E-state index contributed by atoms with van der Waals surface area (Å²) in [5.41, 5.74) is -0.583. The molecule has 8 nitrogen and oxygen atoms in total. The average molecular weight is 397 g/mol. The minimum atomic E-state index is -4.42. The summed E-state index contributed by atoms with van der Waals surface area (Å²) in [6.07, 6.45) is -0.816. The van der Waals surface area contributed by atoms with Crippen molar-refractivity contribution in [3.63, 3.8) is 0 Å². The van der Waals surface area contributed by atoms with Crippen molar-refractivity contribution in [3.8, 4) is 0 Å². The second-order valence-corrected chi connectivity index (χ2v) is 6.46. The topological polar surface area (TPSA) is 117 Å². The minimum Gasteiger partial charge on any atom is -0.323 e. The number of nitrogens with one attached hydrogen (secondary N) is 1. The highest BCUT2D eigenvalue weighted by atomic mass is 79.9. The third-order valence-electron chi connectivity index (χ3n) is 2.32. The van der Waals surface area contributed by atoms with Gasteiger partial charge in [0.2, 0.25) is 0 Å². The van der Waals surface area contributed by atoms with Crippen LogP contribution in [0.3, 0.4) is 0 Å². The summed E-state index contributed by atoms with van der Waals surface area (Å²) < 4.78 is 37.0. The molecule has 3 N–H and O–H groups in total. The van der Waals surface area contributed by atoms with Crippen LogP contribution in [0.1, 0.15) is 10.5 Å². The van der Waals surface area contributed by atoms with Crippen molar-refractivity contribution in [3.05, 3.63) is 40.1 Å². The Morgan fingerprint density at radius 3 is 2.64 bits per heavy atom. The molecule has 0 aliphatic carbocycles. The number of aromatic nitrogens is 3. The molecule has 0 unspecified atom stereocenters. The van der Waals surface area contributed by atoms with Gasteiger partial charge >= 0.3 is 7.60 Å². The molecule has 1 amide bonds. The largest absolute Gasteiger partial charge is 0.348 e. The van der Waals surface area contributed by atoms with Crippen molar-refractivity contribution in [2.24, 2.45) is 0 Å². The van der Waals surface area contributed by atoms with Gasteiger partial charge in [0.25, 0.3) is 5.91 Å². The molecule has 0 saturated heterocycles. The quantitative estimate of drug-likeness (QED) is 0.677. The first-order chi connectivity index (χ1) is 10.2. The number of halogens is 3. The van der Waals surface area contributed by atoms with Crippen molar-refractivity contribution in [2.75, 3.05) is 5.32 Å². The maximum atomic E-state index is 13.4. The first-order valence-corrected chi connectivity index (χ1v) is 8.16. The molecule has 12 heteroatoms. The van der Waals surface area contributed by atoms with Crippen LogP contribution in [0.4, 0.5) is 14.5 Å². The summed E-state index contributed by atoms with van der Waals surface area (Å²) in [5, 5.41) is 9.36. The SMILES string of the molecule is O=C(Nc1ccc(F)cc1F)c1nn(CP(=O)(O)O)nc1Br. The van der Waals surface area contributed by atoms with E-state index in [4.69, 9.17) is 9.79 Å². The smallest absolute Gasteiger partial charge is 0.323 e. The summed E-state index contributed by atoms with van der Waals surface area (Å²) in [6.45, 7) is 0. The van der Waals surface area contributed by atoms with E-state index in [9.17, 15) is 18.1 Å². The Bertz CT molecular complexity index is 778. The van der Waals surface area contributed by atoms with Crippen LogP contribution in [0, 0.1) is 11.6 Å². The Kier molecular flexibility index (Phi) is 4.71. The lowest BCUT2D eigenvalue weighted by Gasteiger charge is -2.04. The Morgan fingerprint density at radius 1 is 1.36 bits per heavy atom. The van der Waals surface area contributed by atoms with Gasteiger partial charge in [-0.05, 0) is 28.1 Å². The van der Waals surface area contributed by atoms with Crippen LogP contribution >= 0.6 is 23.5 Å². The summed E-state index contributed by atoms with van der Waals surface area (Å²) in [5.74, 6) is -2.66. The highest BCUT2D eigenvalue weighted by Crippen LogP contribution is 2.36. The van der Waals surface area contributed by atoms with Gasteiger partial charge in [-0.2, -0.15) is 4.80 Å². The number of amides is 1. The van der Waals surface area contributed by atoms with E-state index in [0.29, 0.717) is 10.9 Å². The molecule has 2 rings (SSSR count). The van der Waals surface area contributed by atoms with Gasteiger partial charge in [-0.1, -0.05) is 0 Å². The molecule has 1 aromatic heterocycles. The van der Waals surface area contributed by atoms with E-state index in [2.05, 4.69) is 31.4 Å². The minimum absolute atomic E-state index is 0.0824. The van der Waals surface area contributed by atoms with Crippen LogP contribution in [0.25, 0.3) is 0 Å². The van der Waals surface area contributed by atoms with Crippen LogP contribution in [-0.4, -0.2) is 30.7 Å². The molecule has 0 fully saturated rings. The van der Waals surface area contributed by atoms with Crippen LogP contribution in [0.5, 0.6) is 0 Å². The van der Waals surface area contributed by atoms with E-state index in [1.165, 1.54) is 0 Å². The van der Waals surface area contributed by atoms with E-state index >= 15 is 0 Å². The maximum Gasteiger partial charge on any atom is 0.348 e. The van der Waals surface area contributed by atoms with Crippen LogP contribution in [-0.2, 0) is 10.9 Å². The van der Waals surface area contributed by atoms with Gasteiger partial charge in [0.15, 0.2) is 16.6 Å². The molecule has 0 aliphatic heterocycles. The Morgan fingerprint density at radius 2 is 2.05 bits per heavy atom. The fourth-order valence-electron chi connectivity index (χ4n) is 1.47. The molecule has 0 spiro atoms. The molecule has 0 saturated carbocycles. The van der Waals surface area contributed by atoms with Crippen molar-refractivity contribution in [1.29, 1.82) is 0 Å². The predicted octanol–water partition coefficient (Wildman–Crippen LogP) is 1.71. The zero-order valence-electron chi connectivity index (χ0n) is 10.6. The fourth-order valence-corrected chi connectivity index (χ4v) is 2.37. The van der Waals surface area contributed by atoms with Gasteiger partial charge in [-0.25, -0.2) is 8.78 Å². The normalized spacial score (nSPS) is 11.5. The molecule has 0 aliphatic rings. The molecule has 0 atom stereocenters. The number of benzene rings is 1. The molecule has 0 bridgehead atoms. The highest BCUT2D eigenvalue weighted by Gasteiger charge is 2.22. The maximum absolute atomic E-state index is 13.4. The summed E-state index contributed by atoms with van der Waals surface area (Å²) >= 11 is 2.91. The molecule has 1 heterocycles. The summed E-state index contributed by atoms with van der Waals surface area (Å²) in [4.78, 5) is 30.2. The van der Waals surface area contributed by atoms with Crippen LogP contribution < -0.4 is 5.32 Å². The lowest BCUT2D eigenvalue weighted by atomic mass is 10.3. The molecule has 22 heavy (non-hydrogen) atoms. The molecular formula is C10H8BrF2N4O4P. The van der Waals surface area contributed by atoms with Gasteiger partial charge in [-0.3, -0.25) is 9.36 Å². The second kappa shape index (κ2) is 6.21.